The minimum Gasteiger partial charge on any atom is -0.369 e. The maximum Gasteiger partial charge on any atom is 0.232 e. The molecule has 1 atom stereocenters. The van der Waals surface area contributed by atoms with E-state index >= 15 is 0 Å². The van der Waals surface area contributed by atoms with Gasteiger partial charge in [-0.25, -0.2) is 0 Å². The number of rotatable bonds is 4. The van der Waals surface area contributed by atoms with Gasteiger partial charge in [-0.1, -0.05) is 30.3 Å². The summed E-state index contributed by atoms with van der Waals surface area (Å²) in [7, 11) is 0. The number of amides is 1. The van der Waals surface area contributed by atoms with E-state index in [1.165, 1.54) is 0 Å². The number of nitrogens with zero attached hydrogens (tertiary/aromatic N) is 1. The predicted molar refractivity (Wildman–Crippen MR) is 53.6 cm³/mol. The number of carbonyl (C=O) groups excluding carboxylic acids is 2. The summed E-state index contributed by atoms with van der Waals surface area (Å²) >= 11 is 0. The number of hydrogen-bond acceptors (Lipinski definition) is 3. The SMILES string of the molecule is N#CCC(=O)C(C(N)=O)c1ccccc1. The molecule has 4 heteroatoms. The molecular weight excluding hydrogens is 192 g/mol. The first-order chi connectivity index (χ1) is 7.16. The minimum atomic E-state index is -1.01. The molecule has 76 valence electrons. The topological polar surface area (TPSA) is 83.9 Å². The number of nitrogens with two attached hydrogens (primary N) is 1. The summed E-state index contributed by atoms with van der Waals surface area (Å²) in [6.45, 7) is 0. The van der Waals surface area contributed by atoms with Crippen LogP contribution in [0.3, 0.4) is 0 Å². The Labute approximate surface area is 87.3 Å². The first-order valence-electron chi connectivity index (χ1n) is 4.40. The molecule has 0 aliphatic carbocycles. The lowest BCUT2D eigenvalue weighted by Crippen LogP contribution is -2.28. The zero-order chi connectivity index (χ0) is 11.3. The lowest BCUT2D eigenvalue weighted by atomic mass is 9.93. The van der Waals surface area contributed by atoms with Crippen molar-refractivity contribution in [2.24, 2.45) is 5.73 Å². The largest absolute Gasteiger partial charge is 0.369 e. The summed E-state index contributed by atoms with van der Waals surface area (Å²) in [4.78, 5) is 22.6. The second-order valence-corrected chi connectivity index (χ2v) is 3.05. The molecule has 4 nitrogen and oxygen atoms in total. The lowest BCUT2D eigenvalue weighted by molar-refractivity contribution is -0.128. The van der Waals surface area contributed by atoms with Gasteiger partial charge < -0.3 is 5.73 Å². The normalized spacial score (nSPS) is 11.4. The van der Waals surface area contributed by atoms with Crippen LogP contribution in [0.2, 0.25) is 0 Å². The zero-order valence-electron chi connectivity index (χ0n) is 8.01. The van der Waals surface area contributed by atoms with Gasteiger partial charge in [0.15, 0.2) is 5.78 Å². The second kappa shape index (κ2) is 4.91. The fraction of sp³-hybridized carbons (Fsp3) is 0.182. The number of carbonyl (C=O) groups is 2. The highest BCUT2D eigenvalue weighted by molar-refractivity contribution is 6.06. The summed E-state index contributed by atoms with van der Waals surface area (Å²) in [5.74, 6) is -2.19. The molecule has 0 aliphatic heterocycles. The van der Waals surface area contributed by atoms with Gasteiger partial charge in [0, 0.05) is 0 Å². The fourth-order valence-electron chi connectivity index (χ4n) is 1.33. The highest BCUT2D eigenvalue weighted by Crippen LogP contribution is 2.17. The predicted octanol–water partition coefficient (Wildman–Crippen LogP) is 0.738. The summed E-state index contributed by atoms with van der Waals surface area (Å²) in [6, 6.07) is 10.2. The molecule has 15 heavy (non-hydrogen) atoms. The van der Waals surface area contributed by atoms with E-state index in [1.807, 2.05) is 0 Å². The monoisotopic (exact) mass is 202 g/mol. The average Bonchev–Trinajstić information content (AvgIpc) is 2.19. The number of benzene rings is 1. The van der Waals surface area contributed by atoms with Crippen LogP contribution in [0.5, 0.6) is 0 Å². The van der Waals surface area contributed by atoms with Gasteiger partial charge in [-0.15, -0.1) is 0 Å². The van der Waals surface area contributed by atoms with E-state index in [-0.39, 0.29) is 6.42 Å². The van der Waals surface area contributed by atoms with E-state index in [1.54, 1.807) is 36.4 Å². The van der Waals surface area contributed by atoms with Gasteiger partial charge in [-0.3, -0.25) is 9.59 Å². The Morgan fingerprint density at radius 3 is 2.40 bits per heavy atom. The number of nitriles is 1. The van der Waals surface area contributed by atoms with Crippen molar-refractivity contribution in [1.29, 1.82) is 5.26 Å². The summed E-state index contributed by atoms with van der Waals surface area (Å²) < 4.78 is 0. The molecule has 0 aromatic heterocycles. The molecule has 0 fully saturated rings. The summed E-state index contributed by atoms with van der Waals surface area (Å²) in [5, 5.41) is 8.39. The zero-order valence-corrected chi connectivity index (χ0v) is 8.01. The van der Waals surface area contributed by atoms with Crippen molar-refractivity contribution in [3.8, 4) is 6.07 Å². The Hall–Kier alpha value is -2.15. The third kappa shape index (κ3) is 2.64. The maximum atomic E-state index is 11.5. The van der Waals surface area contributed by atoms with E-state index in [9.17, 15) is 9.59 Å². The molecule has 1 aromatic carbocycles. The Morgan fingerprint density at radius 2 is 1.93 bits per heavy atom. The molecule has 0 radical (unpaired) electrons. The molecule has 0 spiro atoms. The van der Waals surface area contributed by atoms with Crippen LogP contribution in [0, 0.1) is 11.3 Å². The number of Topliss-reactive ketones (excluding diaryl/α,β-unsaturated/α-hetero) is 1. The van der Waals surface area contributed by atoms with Crippen molar-refractivity contribution >= 4 is 11.7 Å². The average molecular weight is 202 g/mol. The van der Waals surface area contributed by atoms with E-state index in [2.05, 4.69) is 0 Å². The molecule has 0 saturated heterocycles. The maximum absolute atomic E-state index is 11.5. The molecule has 0 heterocycles. The molecule has 1 rings (SSSR count). The smallest absolute Gasteiger partial charge is 0.232 e. The van der Waals surface area contributed by atoms with E-state index in [0.29, 0.717) is 5.56 Å². The van der Waals surface area contributed by atoms with Gasteiger partial charge in [0.05, 0.1) is 12.5 Å². The lowest BCUT2D eigenvalue weighted by Gasteiger charge is -2.10. The van der Waals surface area contributed by atoms with Gasteiger partial charge in [0.25, 0.3) is 0 Å². The molecule has 1 aromatic rings. The second-order valence-electron chi connectivity index (χ2n) is 3.05. The van der Waals surface area contributed by atoms with Crippen LogP contribution < -0.4 is 5.73 Å². The van der Waals surface area contributed by atoms with Crippen LogP contribution in [-0.2, 0) is 9.59 Å². The van der Waals surface area contributed by atoms with Crippen LogP contribution in [-0.4, -0.2) is 11.7 Å². The summed E-state index contributed by atoms with van der Waals surface area (Å²) in [6.07, 6.45) is -0.303. The van der Waals surface area contributed by atoms with Crippen LogP contribution in [0.25, 0.3) is 0 Å². The number of hydrogen-bond donors (Lipinski definition) is 1. The van der Waals surface area contributed by atoms with E-state index < -0.39 is 17.6 Å². The van der Waals surface area contributed by atoms with Crippen LogP contribution in [0.15, 0.2) is 30.3 Å². The minimum absolute atomic E-state index is 0.303. The van der Waals surface area contributed by atoms with Crippen LogP contribution in [0.1, 0.15) is 17.9 Å². The Kier molecular flexibility index (Phi) is 3.58. The Balaban J connectivity index is 3.00. The molecule has 1 unspecified atom stereocenters. The molecule has 2 N–H and O–H groups in total. The molecule has 1 amide bonds. The van der Waals surface area contributed by atoms with E-state index in [0.717, 1.165) is 0 Å². The Morgan fingerprint density at radius 1 is 1.33 bits per heavy atom. The van der Waals surface area contributed by atoms with Crippen molar-refractivity contribution in [3.63, 3.8) is 0 Å². The van der Waals surface area contributed by atoms with Crippen molar-refractivity contribution in [2.75, 3.05) is 0 Å². The highest BCUT2D eigenvalue weighted by Gasteiger charge is 2.25. The standard InChI is InChI=1S/C11H10N2O2/c12-7-6-9(14)10(11(13)15)8-4-2-1-3-5-8/h1-5,10H,6H2,(H2,13,15). The van der Waals surface area contributed by atoms with Gasteiger partial charge in [-0.05, 0) is 5.56 Å². The van der Waals surface area contributed by atoms with Crippen molar-refractivity contribution in [2.45, 2.75) is 12.3 Å². The van der Waals surface area contributed by atoms with E-state index in [4.69, 9.17) is 11.0 Å². The third-order valence-corrected chi connectivity index (χ3v) is 1.99. The number of primary amides is 1. The number of ketones is 1. The van der Waals surface area contributed by atoms with Crippen LogP contribution in [0.4, 0.5) is 0 Å². The quantitative estimate of drug-likeness (QED) is 0.731. The first kappa shape index (κ1) is 10.9. The third-order valence-electron chi connectivity index (χ3n) is 1.99. The summed E-state index contributed by atoms with van der Waals surface area (Å²) in [5.41, 5.74) is 5.66. The fourth-order valence-corrected chi connectivity index (χ4v) is 1.33. The van der Waals surface area contributed by atoms with Crippen molar-refractivity contribution < 1.29 is 9.59 Å². The van der Waals surface area contributed by atoms with Gasteiger partial charge in [-0.2, -0.15) is 5.26 Å². The van der Waals surface area contributed by atoms with Gasteiger partial charge >= 0.3 is 0 Å². The molecule has 0 saturated carbocycles. The molecular formula is C11H10N2O2. The van der Waals surface area contributed by atoms with Crippen LogP contribution >= 0.6 is 0 Å². The van der Waals surface area contributed by atoms with Crippen molar-refractivity contribution in [3.05, 3.63) is 35.9 Å². The molecule has 0 aliphatic rings. The highest BCUT2D eigenvalue weighted by atomic mass is 16.2. The van der Waals surface area contributed by atoms with Gasteiger partial charge in [0.2, 0.25) is 5.91 Å². The Bertz CT molecular complexity index is 406. The molecule has 0 bridgehead atoms. The first-order valence-corrected chi connectivity index (χ1v) is 4.40. The van der Waals surface area contributed by atoms with Gasteiger partial charge in [0.1, 0.15) is 5.92 Å². The van der Waals surface area contributed by atoms with Crippen molar-refractivity contribution in [1.82, 2.24) is 0 Å².